The van der Waals surface area contributed by atoms with Gasteiger partial charge in [0.15, 0.2) is 0 Å². The minimum atomic E-state index is 0.350. The molecule has 1 heterocycles. The van der Waals surface area contributed by atoms with Gasteiger partial charge < -0.3 is 0 Å². The van der Waals surface area contributed by atoms with Gasteiger partial charge in [-0.05, 0) is 18.9 Å². The fraction of sp³-hybridized carbons (Fsp3) is 0.375. The maximum Gasteiger partial charge on any atom is 0.148 e. The second-order valence-electron chi connectivity index (χ2n) is 2.90. The molecule has 0 N–H and O–H groups in total. The van der Waals surface area contributed by atoms with Gasteiger partial charge in [-0.15, -0.1) is 0 Å². The number of aromatic nitrogens is 1. The van der Waals surface area contributed by atoms with Crippen molar-refractivity contribution in [3.05, 3.63) is 27.0 Å². The monoisotopic (exact) mass is 221 g/mol. The van der Waals surface area contributed by atoms with E-state index in [9.17, 15) is 0 Å². The van der Waals surface area contributed by atoms with E-state index in [1.54, 1.807) is 6.07 Å². The Kier molecular flexibility index (Phi) is 2.19. The largest absolute Gasteiger partial charge is 0.238 e. The molecule has 0 unspecified atom stereocenters. The summed E-state index contributed by atoms with van der Waals surface area (Å²) in [5, 5.41) is 1.40. The first-order valence-corrected chi connectivity index (χ1v) is 4.83. The van der Waals surface area contributed by atoms with Gasteiger partial charge in [0.05, 0.1) is 15.7 Å². The quantitative estimate of drug-likeness (QED) is 0.656. The lowest BCUT2D eigenvalue weighted by molar-refractivity contribution is 1.02. The average molecular weight is 223 g/mol. The van der Waals surface area contributed by atoms with Crippen LogP contribution in [0.25, 0.3) is 0 Å². The maximum absolute atomic E-state index is 5.93. The van der Waals surface area contributed by atoms with Crippen molar-refractivity contribution in [3.8, 4) is 0 Å². The Bertz CT molecular complexity index is 320. The molecular formula is C8H6Cl3N. The highest BCUT2D eigenvalue weighted by atomic mass is 35.5. The normalized spacial score (nSPS) is 16.6. The lowest BCUT2D eigenvalue weighted by atomic mass is 10.2. The van der Waals surface area contributed by atoms with Crippen molar-refractivity contribution in [1.82, 2.24) is 4.98 Å². The van der Waals surface area contributed by atoms with E-state index >= 15 is 0 Å². The molecule has 0 atom stereocenters. The van der Waals surface area contributed by atoms with Gasteiger partial charge in [0.25, 0.3) is 0 Å². The molecule has 1 nitrogen and oxygen atoms in total. The van der Waals surface area contributed by atoms with Crippen molar-refractivity contribution in [3.63, 3.8) is 0 Å². The van der Waals surface area contributed by atoms with E-state index in [2.05, 4.69) is 4.98 Å². The molecule has 4 heteroatoms. The zero-order valence-electron chi connectivity index (χ0n) is 6.15. The fourth-order valence-electron chi connectivity index (χ4n) is 1.10. The van der Waals surface area contributed by atoms with Crippen LogP contribution in [0.1, 0.15) is 24.5 Å². The number of pyridine rings is 1. The van der Waals surface area contributed by atoms with Crippen LogP contribution in [0.2, 0.25) is 15.2 Å². The van der Waals surface area contributed by atoms with E-state index in [0.717, 1.165) is 18.5 Å². The molecule has 1 fully saturated rings. The van der Waals surface area contributed by atoms with Gasteiger partial charge in [-0.1, -0.05) is 34.8 Å². The Labute approximate surface area is 85.6 Å². The predicted octanol–water partition coefficient (Wildman–Crippen LogP) is 3.92. The molecule has 0 bridgehead atoms. The third-order valence-corrected chi connectivity index (χ3v) is 2.85. The zero-order valence-corrected chi connectivity index (χ0v) is 8.42. The summed E-state index contributed by atoms with van der Waals surface area (Å²) in [5.41, 5.74) is 0.895. The first kappa shape index (κ1) is 8.61. The molecule has 0 radical (unpaired) electrons. The first-order valence-electron chi connectivity index (χ1n) is 3.70. The van der Waals surface area contributed by atoms with E-state index in [-0.39, 0.29) is 0 Å². The third-order valence-electron chi connectivity index (χ3n) is 1.88. The highest BCUT2D eigenvalue weighted by molar-refractivity contribution is 6.42. The molecule has 1 saturated carbocycles. The van der Waals surface area contributed by atoms with Gasteiger partial charge in [-0.3, -0.25) is 0 Å². The van der Waals surface area contributed by atoms with Crippen LogP contribution in [0.4, 0.5) is 0 Å². The molecule has 1 aromatic heterocycles. The summed E-state index contributed by atoms with van der Waals surface area (Å²) in [6.07, 6.45) is 2.31. The summed E-state index contributed by atoms with van der Waals surface area (Å²) >= 11 is 17.4. The van der Waals surface area contributed by atoms with Gasteiger partial charge >= 0.3 is 0 Å². The Morgan fingerprint density at radius 3 is 2.42 bits per heavy atom. The van der Waals surface area contributed by atoms with E-state index in [0.29, 0.717) is 21.1 Å². The van der Waals surface area contributed by atoms with E-state index in [4.69, 9.17) is 34.8 Å². The predicted molar refractivity (Wildman–Crippen MR) is 51.2 cm³/mol. The molecule has 1 aliphatic rings. The third kappa shape index (κ3) is 1.54. The molecule has 0 amide bonds. The van der Waals surface area contributed by atoms with Crippen molar-refractivity contribution >= 4 is 34.8 Å². The Morgan fingerprint density at radius 1 is 1.17 bits per heavy atom. The van der Waals surface area contributed by atoms with Crippen LogP contribution in [0.15, 0.2) is 6.07 Å². The lowest BCUT2D eigenvalue weighted by Gasteiger charge is -2.02. The average Bonchev–Trinajstić information content (AvgIpc) is 2.79. The van der Waals surface area contributed by atoms with E-state index < -0.39 is 0 Å². The lowest BCUT2D eigenvalue weighted by Crippen LogP contribution is -1.89. The van der Waals surface area contributed by atoms with Crippen molar-refractivity contribution in [2.24, 2.45) is 0 Å². The fourth-order valence-corrected chi connectivity index (χ4v) is 1.76. The number of rotatable bonds is 1. The van der Waals surface area contributed by atoms with Crippen LogP contribution in [0, 0.1) is 0 Å². The standard InChI is InChI=1S/C8H6Cl3N/c9-5-3-6(10)8(11)12-7(5)4-1-2-4/h3-4H,1-2H2. The van der Waals surface area contributed by atoms with Crippen LogP contribution >= 0.6 is 34.8 Å². The van der Waals surface area contributed by atoms with Crippen molar-refractivity contribution in [2.75, 3.05) is 0 Å². The molecule has 12 heavy (non-hydrogen) atoms. The van der Waals surface area contributed by atoms with Crippen molar-refractivity contribution < 1.29 is 0 Å². The Hall–Kier alpha value is 0.0200. The highest BCUT2D eigenvalue weighted by Gasteiger charge is 2.28. The van der Waals surface area contributed by atoms with Gasteiger partial charge in [0, 0.05) is 5.92 Å². The molecule has 1 aliphatic carbocycles. The number of halogens is 3. The Balaban J connectivity index is 2.47. The highest BCUT2D eigenvalue weighted by Crippen LogP contribution is 2.43. The van der Waals surface area contributed by atoms with Gasteiger partial charge in [-0.2, -0.15) is 0 Å². The van der Waals surface area contributed by atoms with Gasteiger partial charge in [0.2, 0.25) is 0 Å². The zero-order chi connectivity index (χ0) is 8.72. The van der Waals surface area contributed by atoms with Crippen LogP contribution in [0.3, 0.4) is 0 Å². The summed E-state index contributed by atoms with van der Waals surface area (Å²) in [6, 6.07) is 1.66. The SMILES string of the molecule is Clc1cc(Cl)c(C2CC2)nc1Cl. The first-order chi connectivity index (χ1) is 5.68. The molecule has 0 aliphatic heterocycles. The van der Waals surface area contributed by atoms with Crippen molar-refractivity contribution in [2.45, 2.75) is 18.8 Å². The van der Waals surface area contributed by atoms with Gasteiger partial charge in [0.1, 0.15) is 5.15 Å². The topological polar surface area (TPSA) is 12.9 Å². The second-order valence-corrected chi connectivity index (χ2v) is 4.07. The maximum atomic E-state index is 5.93. The summed E-state index contributed by atoms with van der Waals surface area (Å²) in [4.78, 5) is 4.14. The second kappa shape index (κ2) is 3.06. The van der Waals surface area contributed by atoms with Crippen LogP contribution in [-0.4, -0.2) is 4.98 Å². The van der Waals surface area contributed by atoms with Crippen LogP contribution in [-0.2, 0) is 0 Å². The molecule has 0 saturated heterocycles. The van der Waals surface area contributed by atoms with E-state index in [1.807, 2.05) is 0 Å². The summed E-state index contributed by atoms with van der Waals surface area (Å²) in [7, 11) is 0. The molecule has 0 aromatic carbocycles. The van der Waals surface area contributed by atoms with Crippen LogP contribution < -0.4 is 0 Å². The molecular weight excluding hydrogens is 216 g/mol. The summed E-state index contributed by atoms with van der Waals surface area (Å²) in [6.45, 7) is 0. The minimum absolute atomic E-state index is 0.350. The number of hydrogen-bond donors (Lipinski definition) is 0. The summed E-state index contributed by atoms with van der Waals surface area (Å²) in [5.74, 6) is 0.507. The van der Waals surface area contributed by atoms with E-state index in [1.165, 1.54) is 0 Å². The molecule has 64 valence electrons. The number of nitrogens with zero attached hydrogens (tertiary/aromatic N) is 1. The van der Waals surface area contributed by atoms with Gasteiger partial charge in [-0.25, -0.2) is 4.98 Å². The minimum Gasteiger partial charge on any atom is -0.238 e. The molecule has 2 rings (SSSR count). The molecule has 0 spiro atoms. The number of hydrogen-bond acceptors (Lipinski definition) is 1. The van der Waals surface area contributed by atoms with Crippen molar-refractivity contribution in [1.29, 1.82) is 0 Å². The van der Waals surface area contributed by atoms with Crippen LogP contribution in [0.5, 0.6) is 0 Å². The molecule has 1 aromatic rings. The Morgan fingerprint density at radius 2 is 1.83 bits per heavy atom. The smallest absolute Gasteiger partial charge is 0.148 e. The summed E-state index contributed by atoms with van der Waals surface area (Å²) < 4.78 is 0.